The van der Waals surface area contributed by atoms with Gasteiger partial charge in [-0.2, -0.15) is 0 Å². The molecule has 0 bridgehead atoms. The number of aromatic nitrogens is 1. The maximum atomic E-state index is 13.4. The van der Waals surface area contributed by atoms with Crippen molar-refractivity contribution in [3.8, 4) is 11.3 Å². The molecule has 0 saturated heterocycles. The lowest BCUT2D eigenvalue weighted by molar-refractivity contribution is 0.0698. The minimum absolute atomic E-state index is 0.0794. The molecule has 27 heavy (non-hydrogen) atoms. The zero-order valence-corrected chi connectivity index (χ0v) is 16.2. The summed E-state index contributed by atoms with van der Waals surface area (Å²) >= 11 is 6.02. The minimum atomic E-state index is 0.0794. The second-order valence-electron chi connectivity index (χ2n) is 7.29. The van der Waals surface area contributed by atoms with E-state index >= 15 is 0 Å². The van der Waals surface area contributed by atoms with Crippen LogP contribution in [0.5, 0.6) is 0 Å². The van der Waals surface area contributed by atoms with Crippen molar-refractivity contribution in [1.29, 1.82) is 0 Å². The Bertz CT molecular complexity index is 962. The number of hydrogen-bond donors (Lipinski definition) is 0. The molecule has 0 N–H and O–H groups in total. The van der Waals surface area contributed by atoms with E-state index in [1.807, 2.05) is 66.5 Å². The summed E-state index contributed by atoms with van der Waals surface area (Å²) in [5.74, 6) is 0.0794. The van der Waals surface area contributed by atoms with Crippen LogP contribution < -0.4 is 0 Å². The van der Waals surface area contributed by atoms with Gasteiger partial charge < -0.3 is 4.90 Å². The van der Waals surface area contributed by atoms with E-state index in [-0.39, 0.29) is 5.91 Å². The Labute approximate surface area is 165 Å². The van der Waals surface area contributed by atoms with Crippen molar-refractivity contribution in [2.45, 2.75) is 38.1 Å². The zero-order chi connectivity index (χ0) is 18.8. The van der Waals surface area contributed by atoms with Crippen LogP contribution in [0.2, 0.25) is 5.02 Å². The fourth-order valence-corrected chi connectivity index (χ4v) is 4.07. The van der Waals surface area contributed by atoms with Gasteiger partial charge in [-0.05, 0) is 37.1 Å². The molecule has 4 rings (SSSR count). The van der Waals surface area contributed by atoms with E-state index in [4.69, 9.17) is 16.6 Å². The highest BCUT2D eigenvalue weighted by Crippen LogP contribution is 2.28. The first-order valence-corrected chi connectivity index (χ1v) is 9.94. The molecule has 1 aliphatic carbocycles. The molecule has 1 amide bonds. The van der Waals surface area contributed by atoms with E-state index in [0.717, 1.165) is 40.6 Å². The van der Waals surface area contributed by atoms with Gasteiger partial charge in [0.1, 0.15) is 0 Å². The molecule has 1 saturated carbocycles. The third-order valence-electron chi connectivity index (χ3n) is 5.53. The predicted molar refractivity (Wildman–Crippen MR) is 111 cm³/mol. The molecule has 1 aliphatic rings. The van der Waals surface area contributed by atoms with Gasteiger partial charge in [0.2, 0.25) is 0 Å². The number of rotatable bonds is 3. The summed E-state index contributed by atoms with van der Waals surface area (Å²) in [6.45, 7) is 0. The van der Waals surface area contributed by atoms with Crippen molar-refractivity contribution in [2.75, 3.05) is 7.05 Å². The van der Waals surface area contributed by atoms with Crippen molar-refractivity contribution in [3.05, 3.63) is 65.2 Å². The van der Waals surface area contributed by atoms with E-state index in [9.17, 15) is 4.79 Å². The maximum absolute atomic E-state index is 13.4. The van der Waals surface area contributed by atoms with Crippen molar-refractivity contribution in [3.63, 3.8) is 0 Å². The molecule has 1 aromatic heterocycles. The molecule has 1 fully saturated rings. The van der Waals surface area contributed by atoms with E-state index in [2.05, 4.69) is 0 Å². The van der Waals surface area contributed by atoms with Crippen molar-refractivity contribution < 1.29 is 4.79 Å². The van der Waals surface area contributed by atoms with Crippen LogP contribution in [0.25, 0.3) is 22.2 Å². The smallest absolute Gasteiger partial charge is 0.254 e. The molecule has 3 aromatic rings. The second-order valence-corrected chi connectivity index (χ2v) is 7.72. The van der Waals surface area contributed by atoms with Gasteiger partial charge in [-0.25, -0.2) is 4.98 Å². The second kappa shape index (κ2) is 7.69. The molecule has 0 atom stereocenters. The van der Waals surface area contributed by atoms with Crippen LogP contribution in [-0.2, 0) is 0 Å². The predicted octanol–water partition coefficient (Wildman–Crippen LogP) is 5.96. The zero-order valence-electron chi connectivity index (χ0n) is 15.5. The molecule has 0 spiro atoms. The first kappa shape index (κ1) is 18.0. The fraction of sp³-hybridized carbons (Fsp3) is 0.304. The Kier molecular flexibility index (Phi) is 5.13. The first-order valence-electron chi connectivity index (χ1n) is 9.56. The van der Waals surface area contributed by atoms with Gasteiger partial charge in [0.25, 0.3) is 5.91 Å². The van der Waals surface area contributed by atoms with Crippen molar-refractivity contribution >= 4 is 28.4 Å². The maximum Gasteiger partial charge on any atom is 0.254 e. The number of pyridine rings is 1. The average molecular weight is 379 g/mol. The number of amides is 1. The van der Waals surface area contributed by atoms with Crippen LogP contribution in [-0.4, -0.2) is 28.9 Å². The molecule has 2 aromatic carbocycles. The number of carbonyl (C=O) groups is 1. The highest BCUT2D eigenvalue weighted by atomic mass is 35.5. The van der Waals surface area contributed by atoms with Crippen molar-refractivity contribution in [2.24, 2.45) is 0 Å². The summed E-state index contributed by atoms with van der Waals surface area (Å²) in [6.07, 6.45) is 5.87. The monoisotopic (exact) mass is 378 g/mol. The highest BCUT2D eigenvalue weighted by Gasteiger charge is 2.24. The third kappa shape index (κ3) is 3.70. The molecule has 0 radical (unpaired) electrons. The Morgan fingerprint density at radius 3 is 2.48 bits per heavy atom. The van der Waals surface area contributed by atoms with Gasteiger partial charge in [0, 0.05) is 29.1 Å². The molecule has 1 heterocycles. The summed E-state index contributed by atoms with van der Waals surface area (Å²) in [5, 5.41) is 1.59. The number of benzene rings is 2. The minimum Gasteiger partial charge on any atom is -0.339 e. The standard InChI is InChI=1S/C23H23ClN2O/c1-26(18-7-3-2-4-8-18)23(27)20-15-22(16-11-13-17(24)14-12-16)25-21-10-6-5-9-19(20)21/h5-6,9-15,18H,2-4,7-8H2,1H3. The summed E-state index contributed by atoms with van der Waals surface area (Å²) in [4.78, 5) is 20.1. The highest BCUT2D eigenvalue weighted by molar-refractivity contribution is 6.30. The quantitative estimate of drug-likeness (QED) is 0.563. The Morgan fingerprint density at radius 2 is 1.74 bits per heavy atom. The number of hydrogen-bond acceptors (Lipinski definition) is 2. The number of nitrogens with zero attached hydrogens (tertiary/aromatic N) is 2. The third-order valence-corrected chi connectivity index (χ3v) is 5.78. The molecule has 3 nitrogen and oxygen atoms in total. The van der Waals surface area contributed by atoms with Gasteiger partial charge in [-0.15, -0.1) is 0 Å². The van der Waals surface area contributed by atoms with Gasteiger partial charge in [-0.3, -0.25) is 4.79 Å². The molecular formula is C23H23ClN2O. The van der Waals surface area contributed by atoms with Crippen LogP contribution in [0.15, 0.2) is 54.6 Å². The number of halogens is 1. The molecule has 0 aliphatic heterocycles. The Balaban J connectivity index is 1.78. The van der Waals surface area contributed by atoms with Gasteiger partial charge >= 0.3 is 0 Å². The van der Waals surface area contributed by atoms with Crippen LogP contribution >= 0.6 is 11.6 Å². The Morgan fingerprint density at radius 1 is 1.04 bits per heavy atom. The van der Waals surface area contributed by atoms with E-state index < -0.39 is 0 Å². The van der Waals surface area contributed by atoms with E-state index in [0.29, 0.717) is 11.1 Å². The normalized spacial score (nSPS) is 15.0. The van der Waals surface area contributed by atoms with Crippen molar-refractivity contribution in [1.82, 2.24) is 9.88 Å². The summed E-state index contributed by atoms with van der Waals surface area (Å²) in [6, 6.07) is 17.7. The van der Waals surface area contributed by atoms with Gasteiger partial charge in [-0.1, -0.05) is 61.2 Å². The largest absolute Gasteiger partial charge is 0.339 e. The fourth-order valence-electron chi connectivity index (χ4n) is 3.95. The topological polar surface area (TPSA) is 33.2 Å². The summed E-state index contributed by atoms with van der Waals surface area (Å²) in [7, 11) is 1.94. The average Bonchev–Trinajstić information content (AvgIpc) is 2.73. The van der Waals surface area contributed by atoms with Crippen LogP contribution in [0.4, 0.5) is 0 Å². The van der Waals surface area contributed by atoms with Gasteiger partial charge in [0.15, 0.2) is 0 Å². The number of fused-ring (bicyclic) bond motifs is 1. The van der Waals surface area contributed by atoms with Crippen LogP contribution in [0.3, 0.4) is 0 Å². The number of carbonyl (C=O) groups excluding carboxylic acids is 1. The molecule has 4 heteroatoms. The molecule has 138 valence electrons. The molecular weight excluding hydrogens is 356 g/mol. The Hall–Kier alpha value is -2.39. The van der Waals surface area contributed by atoms with Gasteiger partial charge in [0.05, 0.1) is 16.8 Å². The molecule has 0 unspecified atom stereocenters. The first-order chi connectivity index (χ1) is 13.1. The summed E-state index contributed by atoms with van der Waals surface area (Å²) < 4.78 is 0. The van der Waals surface area contributed by atoms with Crippen LogP contribution in [0.1, 0.15) is 42.5 Å². The van der Waals surface area contributed by atoms with Crippen LogP contribution in [0, 0.1) is 0 Å². The van der Waals surface area contributed by atoms with E-state index in [1.54, 1.807) is 0 Å². The number of para-hydroxylation sites is 1. The van der Waals surface area contributed by atoms with E-state index in [1.165, 1.54) is 19.3 Å². The SMILES string of the molecule is CN(C(=O)c1cc(-c2ccc(Cl)cc2)nc2ccccc12)C1CCCCC1. The lowest BCUT2D eigenvalue weighted by Crippen LogP contribution is -2.38. The summed E-state index contributed by atoms with van der Waals surface area (Å²) in [5.41, 5.74) is 3.31. The lowest BCUT2D eigenvalue weighted by Gasteiger charge is -2.31. The lowest BCUT2D eigenvalue weighted by atomic mass is 9.93.